The highest BCUT2D eigenvalue weighted by molar-refractivity contribution is 5.81. The van der Waals surface area contributed by atoms with Crippen LogP contribution in [0.3, 0.4) is 0 Å². The molecule has 0 atom stereocenters. The van der Waals surface area contributed by atoms with Crippen molar-refractivity contribution in [2.24, 2.45) is 5.92 Å². The van der Waals surface area contributed by atoms with Crippen molar-refractivity contribution in [1.29, 1.82) is 0 Å². The Hall–Kier alpha value is -3.66. The lowest BCUT2D eigenvalue weighted by Crippen LogP contribution is -2.52. The van der Waals surface area contributed by atoms with Gasteiger partial charge in [0.05, 0.1) is 23.5 Å². The number of benzene rings is 1. The summed E-state index contributed by atoms with van der Waals surface area (Å²) in [5.41, 5.74) is 7.20. The number of nitrogens with zero attached hydrogens (tertiary/aromatic N) is 4. The van der Waals surface area contributed by atoms with Gasteiger partial charge < -0.3 is 25.4 Å². The van der Waals surface area contributed by atoms with Crippen LogP contribution >= 0.6 is 0 Å². The molecule has 3 aliphatic rings. The molecule has 1 aromatic carbocycles. The number of rotatable bonds is 6. The second-order valence-corrected chi connectivity index (χ2v) is 11.6. The van der Waals surface area contributed by atoms with Gasteiger partial charge in [0.1, 0.15) is 11.6 Å². The molecule has 4 heterocycles. The predicted molar refractivity (Wildman–Crippen MR) is 154 cm³/mol. The van der Waals surface area contributed by atoms with Crippen LogP contribution in [0.25, 0.3) is 17.0 Å². The van der Waals surface area contributed by atoms with Crippen LogP contribution in [0.5, 0.6) is 5.75 Å². The summed E-state index contributed by atoms with van der Waals surface area (Å²) in [6.45, 7) is 4.30. The number of nitrogen functional groups attached to an aromatic ring is 1. The lowest BCUT2D eigenvalue weighted by Gasteiger charge is -2.46. The molecule has 12 heteroatoms. The van der Waals surface area contributed by atoms with E-state index < -0.39 is 12.1 Å². The molecule has 1 saturated carbocycles. The molecule has 0 unspecified atom stereocenters. The monoisotopic (exact) mass is 596 g/mol. The minimum atomic E-state index is -5.12. The van der Waals surface area contributed by atoms with Crippen molar-refractivity contribution < 1.29 is 27.4 Å². The number of anilines is 1. The summed E-state index contributed by atoms with van der Waals surface area (Å²) in [6, 6.07) is 6.52. The van der Waals surface area contributed by atoms with Gasteiger partial charge in [-0.3, -0.25) is 4.40 Å². The fourth-order valence-corrected chi connectivity index (χ4v) is 6.05. The Morgan fingerprint density at radius 3 is 2.53 bits per heavy atom. The zero-order valence-electron chi connectivity index (χ0n) is 23.8. The Labute approximate surface area is 247 Å². The molecular weight excluding hydrogens is 561 g/mol. The highest BCUT2D eigenvalue weighted by Gasteiger charge is 2.42. The highest BCUT2D eigenvalue weighted by Crippen LogP contribution is 2.34. The SMILES string of the molecule is Nc1nc2nc(-c3ccccc3OC(=O)C(F)(F)F)cn2cc1C#CCC1CCN(C2CC(OC3CCNCC3)C2)CC1. The average molecular weight is 597 g/mol. The third kappa shape index (κ3) is 6.95. The summed E-state index contributed by atoms with van der Waals surface area (Å²) in [5.74, 6) is 4.85. The number of nitrogens with two attached hydrogens (primary N) is 1. The van der Waals surface area contributed by atoms with E-state index in [4.69, 9.17) is 10.5 Å². The van der Waals surface area contributed by atoms with Crippen molar-refractivity contribution in [1.82, 2.24) is 24.6 Å². The number of carbonyl (C=O) groups is 1. The fourth-order valence-electron chi connectivity index (χ4n) is 6.05. The van der Waals surface area contributed by atoms with Crippen molar-refractivity contribution in [3.8, 4) is 28.8 Å². The van der Waals surface area contributed by atoms with Gasteiger partial charge in [-0.25, -0.2) is 9.78 Å². The van der Waals surface area contributed by atoms with Crippen LogP contribution in [0, 0.1) is 17.8 Å². The first-order valence-electron chi connectivity index (χ1n) is 14.9. The molecule has 1 aliphatic carbocycles. The lowest BCUT2D eigenvalue weighted by molar-refractivity contribution is -0.189. The van der Waals surface area contributed by atoms with Crippen LogP contribution < -0.4 is 15.8 Å². The number of likely N-dealkylation sites (tertiary alicyclic amines) is 1. The average Bonchev–Trinajstić information content (AvgIpc) is 3.38. The minimum Gasteiger partial charge on any atom is -0.419 e. The van der Waals surface area contributed by atoms with Gasteiger partial charge in [0, 0.05) is 30.4 Å². The van der Waals surface area contributed by atoms with Gasteiger partial charge in [0.2, 0.25) is 5.78 Å². The molecule has 6 rings (SSSR count). The maximum Gasteiger partial charge on any atom is 0.491 e. The second-order valence-electron chi connectivity index (χ2n) is 11.6. The molecule has 0 radical (unpaired) electrons. The van der Waals surface area contributed by atoms with Crippen LogP contribution in [0.4, 0.5) is 19.0 Å². The van der Waals surface area contributed by atoms with Crippen molar-refractivity contribution in [2.45, 2.75) is 69.4 Å². The Balaban J connectivity index is 1.03. The number of esters is 1. The maximum atomic E-state index is 12.8. The number of hydrogen-bond acceptors (Lipinski definition) is 8. The zero-order chi connectivity index (χ0) is 30.0. The Morgan fingerprint density at radius 1 is 1.05 bits per heavy atom. The Bertz CT molecular complexity index is 1510. The summed E-state index contributed by atoms with van der Waals surface area (Å²) in [5, 5.41) is 3.39. The first-order valence-corrected chi connectivity index (χ1v) is 14.9. The number of carbonyl (C=O) groups excluding carboxylic acids is 1. The number of alkyl halides is 3. The number of imidazole rings is 1. The lowest BCUT2D eigenvalue weighted by atomic mass is 9.84. The molecule has 9 nitrogen and oxygen atoms in total. The normalized spacial score (nSPS) is 22.1. The van der Waals surface area contributed by atoms with Crippen LogP contribution in [0.15, 0.2) is 36.7 Å². The second kappa shape index (κ2) is 12.5. The van der Waals surface area contributed by atoms with E-state index in [1.807, 2.05) is 0 Å². The maximum absolute atomic E-state index is 12.8. The van der Waals surface area contributed by atoms with E-state index in [-0.39, 0.29) is 28.6 Å². The smallest absolute Gasteiger partial charge is 0.419 e. The van der Waals surface area contributed by atoms with Crippen LogP contribution in [0.1, 0.15) is 50.5 Å². The van der Waals surface area contributed by atoms with Crippen LogP contribution in [-0.2, 0) is 9.53 Å². The van der Waals surface area contributed by atoms with E-state index >= 15 is 0 Å². The van der Waals surface area contributed by atoms with E-state index in [0.717, 1.165) is 71.1 Å². The first kappa shape index (κ1) is 29.4. The number of ether oxygens (including phenoxy) is 2. The number of hydrogen-bond donors (Lipinski definition) is 2. The quantitative estimate of drug-likeness (QED) is 0.248. The van der Waals surface area contributed by atoms with E-state index in [2.05, 4.69) is 36.8 Å². The summed E-state index contributed by atoms with van der Waals surface area (Å²) in [4.78, 5) is 22.7. The van der Waals surface area contributed by atoms with E-state index in [1.165, 1.54) is 18.2 Å². The summed E-state index contributed by atoms with van der Waals surface area (Å²) in [6.07, 6.45) is 6.53. The van der Waals surface area contributed by atoms with Gasteiger partial charge in [0.15, 0.2) is 0 Å². The van der Waals surface area contributed by atoms with E-state index in [0.29, 0.717) is 29.7 Å². The van der Waals surface area contributed by atoms with Crippen LogP contribution in [0.2, 0.25) is 0 Å². The molecule has 3 aromatic rings. The third-order valence-electron chi connectivity index (χ3n) is 8.59. The molecule has 0 amide bonds. The molecule has 2 aliphatic heterocycles. The zero-order valence-corrected chi connectivity index (χ0v) is 23.8. The van der Waals surface area contributed by atoms with Gasteiger partial charge in [0.25, 0.3) is 0 Å². The third-order valence-corrected chi connectivity index (χ3v) is 8.59. The van der Waals surface area contributed by atoms with Crippen molar-refractivity contribution in [3.63, 3.8) is 0 Å². The van der Waals surface area contributed by atoms with Gasteiger partial charge in [-0.05, 0) is 82.8 Å². The summed E-state index contributed by atoms with van der Waals surface area (Å²) in [7, 11) is 0. The van der Waals surface area contributed by atoms with Crippen molar-refractivity contribution in [3.05, 3.63) is 42.2 Å². The van der Waals surface area contributed by atoms with Gasteiger partial charge in [-0.2, -0.15) is 18.2 Å². The van der Waals surface area contributed by atoms with Crippen molar-refractivity contribution in [2.75, 3.05) is 31.9 Å². The molecule has 2 aromatic heterocycles. The molecule has 2 saturated heterocycles. The van der Waals surface area contributed by atoms with Gasteiger partial charge >= 0.3 is 12.1 Å². The molecule has 3 N–H and O–H groups in total. The summed E-state index contributed by atoms with van der Waals surface area (Å²) < 4.78 is 50.7. The fraction of sp³-hybridized carbons (Fsp3) is 0.516. The number of halogens is 3. The van der Waals surface area contributed by atoms with Gasteiger partial charge in [-0.1, -0.05) is 24.0 Å². The van der Waals surface area contributed by atoms with Crippen LogP contribution in [-0.4, -0.2) is 75.8 Å². The molecule has 0 spiro atoms. The Kier molecular flexibility index (Phi) is 8.56. The molecular formula is C31H35F3N6O3. The first-order chi connectivity index (χ1) is 20.7. The van der Waals surface area contributed by atoms with Gasteiger partial charge in [-0.15, -0.1) is 0 Å². The predicted octanol–water partition coefficient (Wildman–Crippen LogP) is 4.20. The number of nitrogens with one attached hydrogen (secondary N) is 1. The number of fused-ring (bicyclic) bond motifs is 1. The highest BCUT2D eigenvalue weighted by atomic mass is 19.4. The standard InChI is InChI=1S/C31H35F3N6O3/c32-31(33,34)29(41)43-27-7-2-1-6-25(27)26-19-40-18-21(28(35)38-30(40)37-26)5-3-4-20-10-14-39(15-11-20)22-16-24(17-22)42-23-8-12-36-13-9-23/h1-2,6-7,18-20,22-24,36H,4,8-17H2,(H2,35,37,38). The molecule has 0 bridgehead atoms. The van der Waals surface area contributed by atoms with Crippen molar-refractivity contribution >= 4 is 17.6 Å². The van der Waals surface area contributed by atoms with E-state index in [1.54, 1.807) is 22.9 Å². The minimum absolute atomic E-state index is 0.217. The number of para-hydroxylation sites is 1. The summed E-state index contributed by atoms with van der Waals surface area (Å²) >= 11 is 0. The molecule has 43 heavy (non-hydrogen) atoms. The van der Waals surface area contributed by atoms with E-state index in [9.17, 15) is 18.0 Å². The molecule has 3 fully saturated rings. The number of piperidine rings is 2. The number of aromatic nitrogens is 3. The topological polar surface area (TPSA) is 107 Å². The Morgan fingerprint density at radius 2 is 1.79 bits per heavy atom. The largest absolute Gasteiger partial charge is 0.491 e. The molecule has 228 valence electrons.